The molecule has 3 rings (SSSR count). The Morgan fingerprint density at radius 1 is 1.38 bits per heavy atom. The van der Waals surface area contributed by atoms with Crippen molar-refractivity contribution in [3.63, 3.8) is 0 Å². The molecule has 1 aliphatic rings. The maximum Gasteiger partial charge on any atom is 0.314 e. The Morgan fingerprint density at radius 3 is 3.00 bits per heavy atom. The third kappa shape index (κ3) is 3.84. The molecule has 7 nitrogen and oxygen atoms in total. The first kappa shape index (κ1) is 16.3. The summed E-state index contributed by atoms with van der Waals surface area (Å²) in [5, 5.41) is 2.96. The molecule has 7 heteroatoms. The number of amides is 3. The second kappa shape index (κ2) is 7.33. The van der Waals surface area contributed by atoms with Gasteiger partial charge < -0.3 is 20.9 Å². The van der Waals surface area contributed by atoms with Crippen molar-refractivity contribution < 1.29 is 9.59 Å². The first-order chi connectivity index (χ1) is 11.6. The predicted molar refractivity (Wildman–Crippen MR) is 91.3 cm³/mol. The van der Waals surface area contributed by atoms with E-state index in [1.165, 1.54) is 0 Å². The summed E-state index contributed by atoms with van der Waals surface area (Å²) in [6, 6.07) is 7.47. The number of carbonyl (C=O) groups is 2. The monoisotopic (exact) mass is 329 g/mol. The molecular weight excluding hydrogens is 306 g/mol. The van der Waals surface area contributed by atoms with Gasteiger partial charge in [-0.05, 0) is 31.4 Å². The number of nitrogens with one attached hydrogen (secondary N) is 2. The molecule has 128 valence electrons. The van der Waals surface area contributed by atoms with E-state index in [2.05, 4.69) is 15.3 Å². The van der Waals surface area contributed by atoms with Crippen LogP contribution in [0.25, 0.3) is 11.0 Å². The Hall–Kier alpha value is -2.57. The van der Waals surface area contributed by atoms with Crippen molar-refractivity contribution in [2.24, 2.45) is 11.7 Å². The normalized spacial score (nSPS) is 17.8. The van der Waals surface area contributed by atoms with Crippen LogP contribution in [0.2, 0.25) is 0 Å². The van der Waals surface area contributed by atoms with Crippen molar-refractivity contribution in [2.75, 3.05) is 19.6 Å². The third-order valence-corrected chi connectivity index (χ3v) is 4.43. The Kier molecular flexibility index (Phi) is 4.98. The summed E-state index contributed by atoms with van der Waals surface area (Å²) in [5.41, 5.74) is 7.29. The number of piperidine rings is 1. The molecule has 24 heavy (non-hydrogen) atoms. The van der Waals surface area contributed by atoms with Crippen LogP contribution in [0.3, 0.4) is 0 Å². The predicted octanol–water partition coefficient (Wildman–Crippen LogP) is 1.40. The number of H-pyrrole nitrogens is 1. The molecule has 0 aliphatic carbocycles. The summed E-state index contributed by atoms with van der Waals surface area (Å²) in [6.07, 6.45) is 3.23. The number of para-hydroxylation sites is 2. The standard InChI is InChI=1S/C17H23N5O2/c18-17(24)22-10-4-5-12(11-22)16(23)19-9-3-8-15-20-13-6-1-2-7-14(13)21-15/h1-2,6-7,12H,3-5,8-11H2,(H2,18,24)(H,19,23)(H,20,21). The molecule has 0 bridgehead atoms. The van der Waals surface area contributed by atoms with Gasteiger partial charge in [0.05, 0.1) is 17.0 Å². The first-order valence-corrected chi connectivity index (χ1v) is 8.39. The number of fused-ring (bicyclic) bond motifs is 1. The number of benzene rings is 1. The van der Waals surface area contributed by atoms with Crippen molar-refractivity contribution in [3.05, 3.63) is 30.1 Å². The van der Waals surface area contributed by atoms with Crippen LogP contribution in [0.1, 0.15) is 25.1 Å². The van der Waals surface area contributed by atoms with Gasteiger partial charge in [-0.1, -0.05) is 12.1 Å². The molecule has 1 fully saturated rings. The van der Waals surface area contributed by atoms with Crippen molar-refractivity contribution >= 4 is 23.0 Å². The second-order valence-corrected chi connectivity index (χ2v) is 6.22. The molecular formula is C17H23N5O2. The lowest BCUT2D eigenvalue weighted by Crippen LogP contribution is -2.47. The van der Waals surface area contributed by atoms with Crippen molar-refractivity contribution in [3.8, 4) is 0 Å². The van der Waals surface area contributed by atoms with Crippen LogP contribution in [0.4, 0.5) is 4.79 Å². The van der Waals surface area contributed by atoms with Gasteiger partial charge in [-0.25, -0.2) is 9.78 Å². The van der Waals surface area contributed by atoms with Gasteiger partial charge in [-0.15, -0.1) is 0 Å². The summed E-state index contributed by atoms with van der Waals surface area (Å²) < 4.78 is 0. The minimum Gasteiger partial charge on any atom is -0.356 e. The highest BCUT2D eigenvalue weighted by Gasteiger charge is 2.27. The quantitative estimate of drug-likeness (QED) is 0.722. The Balaban J connectivity index is 1.42. The lowest BCUT2D eigenvalue weighted by Gasteiger charge is -2.30. The number of hydrogen-bond acceptors (Lipinski definition) is 3. The number of imidazole rings is 1. The van der Waals surface area contributed by atoms with Crippen LogP contribution in [0, 0.1) is 5.92 Å². The van der Waals surface area contributed by atoms with Gasteiger partial charge in [0.1, 0.15) is 5.82 Å². The molecule has 1 saturated heterocycles. The fourth-order valence-corrected chi connectivity index (χ4v) is 3.13. The van der Waals surface area contributed by atoms with Crippen LogP contribution < -0.4 is 11.1 Å². The molecule has 1 atom stereocenters. The lowest BCUT2D eigenvalue weighted by atomic mass is 9.97. The zero-order valence-electron chi connectivity index (χ0n) is 13.6. The second-order valence-electron chi connectivity index (χ2n) is 6.22. The van der Waals surface area contributed by atoms with E-state index in [9.17, 15) is 9.59 Å². The molecule has 0 spiro atoms. The van der Waals surface area contributed by atoms with Gasteiger partial charge in [0.25, 0.3) is 0 Å². The molecule has 0 radical (unpaired) electrons. The smallest absolute Gasteiger partial charge is 0.314 e. The van der Waals surface area contributed by atoms with Crippen molar-refractivity contribution in [2.45, 2.75) is 25.7 Å². The number of likely N-dealkylation sites (tertiary alicyclic amines) is 1. The van der Waals surface area contributed by atoms with Crippen molar-refractivity contribution in [1.29, 1.82) is 0 Å². The minimum atomic E-state index is -0.447. The molecule has 2 heterocycles. The van der Waals surface area contributed by atoms with E-state index in [0.717, 1.165) is 42.5 Å². The summed E-state index contributed by atoms with van der Waals surface area (Å²) in [6.45, 7) is 1.67. The number of carbonyl (C=O) groups excluding carboxylic acids is 2. The number of hydrogen-bond donors (Lipinski definition) is 3. The van der Waals surface area contributed by atoms with E-state index in [1.54, 1.807) is 4.90 Å². The maximum absolute atomic E-state index is 12.2. The van der Waals surface area contributed by atoms with E-state index >= 15 is 0 Å². The van der Waals surface area contributed by atoms with Gasteiger partial charge in [-0.3, -0.25) is 4.79 Å². The summed E-state index contributed by atoms with van der Waals surface area (Å²) in [4.78, 5) is 32.8. The fraction of sp³-hybridized carbons (Fsp3) is 0.471. The average molecular weight is 329 g/mol. The topological polar surface area (TPSA) is 104 Å². The number of rotatable bonds is 5. The molecule has 1 aromatic heterocycles. The van der Waals surface area contributed by atoms with Crippen LogP contribution >= 0.6 is 0 Å². The van der Waals surface area contributed by atoms with Crippen LogP contribution in [0.15, 0.2) is 24.3 Å². The van der Waals surface area contributed by atoms with E-state index in [-0.39, 0.29) is 11.8 Å². The van der Waals surface area contributed by atoms with Gasteiger partial charge >= 0.3 is 6.03 Å². The SMILES string of the molecule is NC(=O)N1CCCC(C(=O)NCCCc2nc3ccccc3[nH]2)C1. The Labute approximate surface area is 140 Å². The molecule has 1 aromatic carbocycles. The van der Waals surface area contributed by atoms with E-state index in [0.29, 0.717) is 19.6 Å². The maximum atomic E-state index is 12.2. The van der Waals surface area contributed by atoms with Gasteiger partial charge in [0, 0.05) is 26.1 Å². The van der Waals surface area contributed by atoms with Crippen LogP contribution in [0.5, 0.6) is 0 Å². The minimum absolute atomic E-state index is 0.00514. The van der Waals surface area contributed by atoms with Gasteiger partial charge in [-0.2, -0.15) is 0 Å². The fourth-order valence-electron chi connectivity index (χ4n) is 3.13. The van der Waals surface area contributed by atoms with Crippen LogP contribution in [-0.4, -0.2) is 46.4 Å². The van der Waals surface area contributed by atoms with E-state index in [4.69, 9.17) is 5.73 Å². The molecule has 4 N–H and O–H groups in total. The highest BCUT2D eigenvalue weighted by atomic mass is 16.2. The van der Waals surface area contributed by atoms with E-state index in [1.807, 2.05) is 24.3 Å². The Bertz CT molecular complexity index is 694. The number of nitrogens with zero attached hydrogens (tertiary/aromatic N) is 2. The number of aryl methyl sites for hydroxylation is 1. The third-order valence-electron chi connectivity index (χ3n) is 4.43. The number of aromatic amines is 1. The molecule has 2 aromatic rings. The number of primary amides is 1. The zero-order valence-corrected chi connectivity index (χ0v) is 13.6. The highest BCUT2D eigenvalue weighted by Crippen LogP contribution is 2.16. The number of nitrogens with two attached hydrogens (primary N) is 1. The molecule has 1 aliphatic heterocycles. The van der Waals surface area contributed by atoms with Gasteiger partial charge in [0.15, 0.2) is 0 Å². The number of aromatic nitrogens is 2. The first-order valence-electron chi connectivity index (χ1n) is 8.39. The van der Waals surface area contributed by atoms with Crippen molar-refractivity contribution in [1.82, 2.24) is 20.2 Å². The average Bonchev–Trinajstić information content (AvgIpc) is 3.01. The summed E-state index contributed by atoms with van der Waals surface area (Å²) >= 11 is 0. The highest BCUT2D eigenvalue weighted by molar-refractivity contribution is 5.80. The molecule has 0 saturated carbocycles. The Morgan fingerprint density at radius 2 is 2.21 bits per heavy atom. The molecule has 3 amide bonds. The lowest BCUT2D eigenvalue weighted by molar-refractivity contribution is -0.126. The number of urea groups is 1. The largest absolute Gasteiger partial charge is 0.356 e. The summed E-state index contributed by atoms with van der Waals surface area (Å²) in [5.74, 6) is 0.783. The van der Waals surface area contributed by atoms with E-state index < -0.39 is 6.03 Å². The summed E-state index contributed by atoms with van der Waals surface area (Å²) in [7, 11) is 0. The zero-order chi connectivity index (χ0) is 16.9. The van der Waals surface area contributed by atoms with Gasteiger partial charge in [0.2, 0.25) is 5.91 Å². The molecule has 1 unspecified atom stereocenters. The van der Waals surface area contributed by atoms with Crippen LogP contribution in [-0.2, 0) is 11.2 Å².